The van der Waals surface area contributed by atoms with Gasteiger partial charge in [-0.2, -0.15) is 0 Å². The van der Waals surface area contributed by atoms with Crippen LogP contribution in [0.15, 0.2) is 115 Å². The van der Waals surface area contributed by atoms with Gasteiger partial charge in [-0.3, -0.25) is 0 Å². The van der Waals surface area contributed by atoms with Crippen molar-refractivity contribution in [3.63, 3.8) is 0 Å². The molecule has 2 aliphatic rings. The van der Waals surface area contributed by atoms with Crippen molar-refractivity contribution in [3.05, 3.63) is 143 Å². The standard InChI is InChI=1S/C33H24N2O3/c1-21-9-5-8-14-29(21)35-23-16-18-30-28(19-23)33(26-13-7-6-12-25(26)32(36)38-33)27-17-15-24(20-31(27)37-30)34-22-10-3-2-4-11-22/h2-20,34-35H,1H3. The van der Waals surface area contributed by atoms with E-state index in [1.54, 1.807) is 0 Å². The van der Waals surface area contributed by atoms with E-state index in [0.29, 0.717) is 17.1 Å². The minimum atomic E-state index is -1.12. The predicted molar refractivity (Wildman–Crippen MR) is 149 cm³/mol. The van der Waals surface area contributed by atoms with Crippen LogP contribution in [-0.2, 0) is 10.3 Å². The van der Waals surface area contributed by atoms with E-state index in [1.165, 1.54) is 0 Å². The Morgan fingerprint density at radius 2 is 1.34 bits per heavy atom. The van der Waals surface area contributed by atoms with E-state index < -0.39 is 5.60 Å². The maximum Gasteiger partial charge on any atom is 0.340 e. The Bertz CT molecular complexity index is 1710. The van der Waals surface area contributed by atoms with Crippen LogP contribution >= 0.6 is 0 Å². The van der Waals surface area contributed by atoms with Crippen LogP contribution < -0.4 is 15.4 Å². The highest BCUT2D eigenvalue weighted by atomic mass is 16.6. The number of aryl methyl sites for hydroxylation is 1. The number of hydrogen-bond acceptors (Lipinski definition) is 5. The average Bonchev–Trinajstić information content (AvgIpc) is 3.24. The van der Waals surface area contributed by atoms with E-state index >= 15 is 0 Å². The van der Waals surface area contributed by atoms with E-state index in [4.69, 9.17) is 9.47 Å². The van der Waals surface area contributed by atoms with Crippen LogP contribution in [0.5, 0.6) is 11.5 Å². The van der Waals surface area contributed by atoms with Gasteiger partial charge in [0.05, 0.1) is 5.56 Å². The second-order valence-corrected chi connectivity index (χ2v) is 9.57. The van der Waals surface area contributed by atoms with Crippen LogP contribution in [0.3, 0.4) is 0 Å². The van der Waals surface area contributed by atoms with Gasteiger partial charge in [0.1, 0.15) is 11.5 Å². The van der Waals surface area contributed by atoms with E-state index in [1.807, 2.05) is 109 Å². The number of hydrogen-bond donors (Lipinski definition) is 2. The van der Waals surface area contributed by atoms with Crippen LogP contribution in [0.1, 0.15) is 32.6 Å². The molecule has 0 amide bonds. The van der Waals surface area contributed by atoms with E-state index in [2.05, 4.69) is 23.6 Å². The normalized spacial score (nSPS) is 16.6. The Balaban J connectivity index is 1.38. The van der Waals surface area contributed by atoms with Gasteiger partial charge in [0.2, 0.25) is 0 Å². The fraction of sp³-hybridized carbons (Fsp3) is 0.0606. The third kappa shape index (κ3) is 3.44. The van der Waals surface area contributed by atoms with Crippen LogP contribution in [0.2, 0.25) is 0 Å². The lowest BCUT2D eigenvalue weighted by Crippen LogP contribution is -2.33. The van der Waals surface area contributed by atoms with Gasteiger partial charge in [-0.15, -0.1) is 0 Å². The predicted octanol–water partition coefficient (Wildman–Crippen LogP) is 8.05. The summed E-state index contributed by atoms with van der Waals surface area (Å²) in [6, 6.07) is 37.6. The van der Waals surface area contributed by atoms with Crippen molar-refractivity contribution >= 4 is 28.7 Å². The number of fused-ring (bicyclic) bond motifs is 6. The summed E-state index contributed by atoms with van der Waals surface area (Å²) in [5.41, 5.74) is 6.71. The summed E-state index contributed by atoms with van der Waals surface area (Å²) in [5.74, 6) is 0.944. The first-order chi connectivity index (χ1) is 18.6. The molecule has 0 aromatic heterocycles. The third-order valence-corrected chi connectivity index (χ3v) is 7.20. The number of ether oxygens (including phenoxy) is 2. The molecule has 0 fully saturated rings. The first kappa shape index (κ1) is 22.2. The Kier molecular flexibility index (Phi) is 4.98. The molecule has 1 spiro atoms. The number of rotatable bonds is 4. The molecule has 2 aliphatic heterocycles. The smallest absolute Gasteiger partial charge is 0.340 e. The molecule has 1 unspecified atom stereocenters. The number of anilines is 4. The van der Waals surface area contributed by atoms with E-state index in [0.717, 1.165) is 45.0 Å². The highest BCUT2D eigenvalue weighted by molar-refractivity contribution is 5.97. The highest BCUT2D eigenvalue weighted by Crippen LogP contribution is 2.57. The lowest BCUT2D eigenvalue weighted by atomic mass is 9.77. The zero-order chi connectivity index (χ0) is 25.7. The molecule has 5 nitrogen and oxygen atoms in total. The van der Waals surface area contributed by atoms with E-state index in [9.17, 15) is 4.79 Å². The Hall–Kier alpha value is -5.03. The van der Waals surface area contributed by atoms with E-state index in [-0.39, 0.29) is 5.97 Å². The second-order valence-electron chi connectivity index (χ2n) is 9.57. The molecule has 2 heterocycles. The summed E-state index contributed by atoms with van der Waals surface area (Å²) in [6.45, 7) is 2.07. The Labute approximate surface area is 220 Å². The number of benzene rings is 5. The Morgan fingerprint density at radius 1 is 0.605 bits per heavy atom. The van der Waals surface area contributed by atoms with Crippen molar-refractivity contribution < 1.29 is 14.3 Å². The molecule has 184 valence electrons. The molecule has 5 aromatic rings. The quantitative estimate of drug-likeness (QED) is 0.247. The van der Waals surface area contributed by atoms with Crippen molar-refractivity contribution in [2.45, 2.75) is 12.5 Å². The minimum Gasteiger partial charge on any atom is -0.456 e. The van der Waals surface area contributed by atoms with Crippen LogP contribution in [0, 0.1) is 6.92 Å². The van der Waals surface area contributed by atoms with Crippen molar-refractivity contribution in [2.24, 2.45) is 0 Å². The van der Waals surface area contributed by atoms with Crippen LogP contribution in [0.4, 0.5) is 22.7 Å². The topological polar surface area (TPSA) is 59.6 Å². The average molecular weight is 497 g/mol. The summed E-state index contributed by atoms with van der Waals surface area (Å²) in [7, 11) is 0. The van der Waals surface area contributed by atoms with Crippen molar-refractivity contribution in [2.75, 3.05) is 10.6 Å². The van der Waals surface area contributed by atoms with Gasteiger partial charge in [-0.1, -0.05) is 54.6 Å². The molecule has 38 heavy (non-hydrogen) atoms. The molecule has 5 heteroatoms. The summed E-state index contributed by atoms with van der Waals surface area (Å²) in [5, 5.41) is 6.95. The van der Waals surface area contributed by atoms with Gasteiger partial charge in [0, 0.05) is 45.5 Å². The zero-order valence-electron chi connectivity index (χ0n) is 20.7. The van der Waals surface area contributed by atoms with Gasteiger partial charge >= 0.3 is 5.97 Å². The lowest BCUT2D eigenvalue weighted by Gasteiger charge is -2.37. The number of nitrogens with one attached hydrogen (secondary N) is 2. The molecular weight excluding hydrogens is 472 g/mol. The first-order valence-electron chi connectivity index (χ1n) is 12.6. The minimum absolute atomic E-state index is 0.344. The summed E-state index contributed by atoms with van der Waals surface area (Å²) in [6.07, 6.45) is 0. The largest absolute Gasteiger partial charge is 0.456 e. The molecule has 0 radical (unpaired) electrons. The maximum absolute atomic E-state index is 13.2. The van der Waals surface area contributed by atoms with Crippen molar-refractivity contribution in [1.82, 2.24) is 0 Å². The first-order valence-corrected chi connectivity index (χ1v) is 12.6. The molecule has 0 saturated carbocycles. The van der Waals surface area contributed by atoms with Gasteiger partial charge in [-0.05, 0) is 67.1 Å². The number of esters is 1. The van der Waals surface area contributed by atoms with Crippen LogP contribution in [-0.4, -0.2) is 5.97 Å². The van der Waals surface area contributed by atoms with Gasteiger partial charge in [-0.25, -0.2) is 4.79 Å². The molecular formula is C33H24N2O3. The van der Waals surface area contributed by atoms with Gasteiger partial charge in [0.25, 0.3) is 0 Å². The third-order valence-electron chi connectivity index (χ3n) is 7.20. The number of carbonyl (C=O) groups excluding carboxylic acids is 1. The molecule has 5 aromatic carbocycles. The number of para-hydroxylation sites is 2. The molecule has 0 saturated heterocycles. The number of carbonyl (C=O) groups is 1. The van der Waals surface area contributed by atoms with Crippen LogP contribution in [0.25, 0.3) is 0 Å². The monoisotopic (exact) mass is 496 g/mol. The molecule has 7 rings (SSSR count). The molecule has 0 bridgehead atoms. The summed E-state index contributed by atoms with van der Waals surface area (Å²) < 4.78 is 12.8. The fourth-order valence-corrected chi connectivity index (χ4v) is 5.38. The van der Waals surface area contributed by atoms with Gasteiger partial charge < -0.3 is 20.1 Å². The zero-order valence-corrected chi connectivity index (χ0v) is 20.7. The Morgan fingerprint density at radius 3 is 2.21 bits per heavy atom. The van der Waals surface area contributed by atoms with Crippen molar-refractivity contribution in [3.8, 4) is 11.5 Å². The van der Waals surface area contributed by atoms with Gasteiger partial charge in [0.15, 0.2) is 5.60 Å². The SMILES string of the molecule is Cc1ccccc1Nc1ccc2c(c1)C1(OC(=O)c3ccccc31)c1ccc(Nc3ccccc3)cc1O2. The second kappa shape index (κ2) is 8.53. The lowest BCUT2D eigenvalue weighted by molar-refractivity contribution is 0.0224. The molecule has 2 N–H and O–H groups in total. The summed E-state index contributed by atoms with van der Waals surface area (Å²) in [4.78, 5) is 13.2. The highest BCUT2D eigenvalue weighted by Gasteiger charge is 2.53. The maximum atomic E-state index is 13.2. The fourth-order valence-electron chi connectivity index (χ4n) is 5.38. The molecule has 1 atom stereocenters. The molecule has 0 aliphatic carbocycles. The van der Waals surface area contributed by atoms with Crippen molar-refractivity contribution in [1.29, 1.82) is 0 Å². The summed E-state index contributed by atoms with van der Waals surface area (Å²) >= 11 is 0.